The van der Waals surface area contributed by atoms with Gasteiger partial charge < -0.3 is 9.88 Å². The van der Waals surface area contributed by atoms with Crippen molar-refractivity contribution < 1.29 is 4.79 Å². The predicted octanol–water partition coefficient (Wildman–Crippen LogP) is 6.26. The summed E-state index contributed by atoms with van der Waals surface area (Å²) in [6, 6.07) is 16.1. The Morgan fingerprint density at radius 2 is 1.77 bits per heavy atom. The van der Waals surface area contributed by atoms with Crippen LogP contribution < -0.4 is 5.32 Å². The molecule has 0 saturated carbocycles. The van der Waals surface area contributed by atoms with Crippen LogP contribution in [0, 0.1) is 27.7 Å². The van der Waals surface area contributed by atoms with Gasteiger partial charge in [-0.15, -0.1) is 0 Å². The fourth-order valence-electron chi connectivity index (χ4n) is 3.42. The largest absolute Gasteiger partial charge is 0.318 e. The van der Waals surface area contributed by atoms with Gasteiger partial charge in [0.15, 0.2) is 5.17 Å². The van der Waals surface area contributed by atoms with Crippen LogP contribution >= 0.6 is 23.4 Å². The first kappa shape index (κ1) is 20.5. The van der Waals surface area contributed by atoms with Gasteiger partial charge in [0.1, 0.15) is 0 Å². The number of aliphatic imine (C=N–C) groups is 1. The maximum absolute atomic E-state index is 12.5. The molecule has 30 heavy (non-hydrogen) atoms. The third kappa shape index (κ3) is 4.09. The number of nitrogens with one attached hydrogen (secondary N) is 1. The third-order valence-corrected chi connectivity index (χ3v) is 6.40. The topological polar surface area (TPSA) is 46.4 Å². The van der Waals surface area contributed by atoms with Crippen molar-refractivity contribution in [2.45, 2.75) is 27.7 Å². The number of aromatic nitrogens is 1. The highest BCUT2D eigenvalue weighted by molar-refractivity contribution is 8.18. The summed E-state index contributed by atoms with van der Waals surface area (Å²) in [5.74, 6) is -0.142. The van der Waals surface area contributed by atoms with Gasteiger partial charge in [-0.2, -0.15) is 0 Å². The molecule has 0 atom stereocenters. The molecule has 1 aliphatic heterocycles. The number of amides is 1. The van der Waals surface area contributed by atoms with Gasteiger partial charge in [0, 0.05) is 22.1 Å². The lowest BCUT2D eigenvalue weighted by atomic mass is 10.2. The summed E-state index contributed by atoms with van der Waals surface area (Å²) < 4.78 is 2.20. The number of amidine groups is 1. The quantitative estimate of drug-likeness (QED) is 0.494. The van der Waals surface area contributed by atoms with Gasteiger partial charge in [-0.25, -0.2) is 4.99 Å². The fraction of sp³-hybridized carbons (Fsp3) is 0.167. The number of aryl methyl sites for hydroxylation is 3. The second kappa shape index (κ2) is 8.17. The maximum Gasteiger partial charge on any atom is 0.264 e. The highest BCUT2D eigenvalue weighted by Crippen LogP contribution is 2.31. The van der Waals surface area contributed by atoms with E-state index in [0.29, 0.717) is 20.8 Å². The molecule has 0 unspecified atom stereocenters. The van der Waals surface area contributed by atoms with Gasteiger partial charge in [0.05, 0.1) is 10.6 Å². The highest BCUT2D eigenvalue weighted by Gasteiger charge is 2.24. The molecule has 0 spiro atoms. The Hall–Kier alpha value is -2.76. The van der Waals surface area contributed by atoms with E-state index in [1.165, 1.54) is 17.3 Å². The molecule has 0 radical (unpaired) electrons. The zero-order valence-corrected chi connectivity index (χ0v) is 18.9. The Bertz CT molecular complexity index is 1210. The molecule has 1 amide bonds. The molecular weight excluding hydrogens is 414 g/mol. The van der Waals surface area contributed by atoms with Gasteiger partial charge in [0.25, 0.3) is 5.91 Å². The van der Waals surface area contributed by atoms with Gasteiger partial charge >= 0.3 is 0 Å². The Morgan fingerprint density at radius 3 is 2.47 bits per heavy atom. The first-order valence-corrected chi connectivity index (χ1v) is 10.8. The van der Waals surface area contributed by atoms with E-state index in [-0.39, 0.29) is 5.91 Å². The SMILES string of the molecule is Cc1ccc(-n2c(C)cc(/C=C3\SC(=Nc4ccc(C)c(Cl)c4)NC3=O)c2C)cc1. The monoisotopic (exact) mass is 435 g/mol. The molecule has 4 rings (SSSR count). The number of benzene rings is 2. The number of carbonyl (C=O) groups is 1. The van der Waals surface area contributed by atoms with Crippen molar-refractivity contribution in [1.29, 1.82) is 0 Å². The standard InChI is InChI=1S/C24H22ClN3OS/c1-14-5-9-20(10-6-14)28-16(3)11-18(17(28)4)12-22-23(29)27-24(30-22)26-19-8-7-15(2)21(25)13-19/h5-13H,1-4H3,(H,26,27,29)/b22-12-. The molecule has 1 fully saturated rings. The second-order valence-corrected chi connectivity index (χ2v) is 8.85. The molecule has 3 aromatic rings. The Kier molecular flexibility index (Phi) is 5.58. The summed E-state index contributed by atoms with van der Waals surface area (Å²) in [6.07, 6.45) is 1.93. The number of hydrogen-bond acceptors (Lipinski definition) is 3. The lowest BCUT2D eigenvalue weighted by Crippen LogP contribution is -2.19. The molecule has 2 heterocycles. The average Bonchev–Trinajstić information content (AvgIpc) is 3.18. The molecule has 1 aromatic heterocycles. The number of nitrogens with zero attached hydrogens (tertiary/aromatic N) is 2. The molecule has 0 aliphatic carbocycles. The minimum atomic E-state index is -0.142. The van der Waals surface area contributed by atoms with Crippen molar-refractivity contribution in [2.75, 3.05) is 0 Å². The lowest BCUT2D eigenvalue weighted by Gasteiger charge is -2.10. The Balaban J connectivity index is 1.63. The van der Waals surface area contributed by atoms with E-state index in [1.807, 2.05) is 25.1 Å². The summed E-state index contributed by atoms with van der Waals surface area (Å²) in [5, 5.41) is 4.05. The van der Waals surface area contributed by atoms with Crippen LogP contribution in [-0.2, 0) is 4.79 Å². The first-order valence-electron chi connectivity index (χ1n) is 9.63. The van der Waals surface area contributed by atoms with Crippen molar-refractivity contribution in [3.8, 4) is 5.69 Å². The molecule has 2 aromatic carbocycles. The van der Waals surface area contributed by atoms with E-state index in [0.717, 1.165) is 28.2 Å². The molecule has 1 N–H and O–H groups in total. The number of hydrogen-bond donors (Lipinski definition) is 1. The van der Waals surface area contributed by atoms with Crippen LogP contribution in [0.25, 0.3) is 11.8 Å². The predicted molar refractivity (Wildman–Crippen MR) is 127 cm³/mol. The van der Waals surface area contributed by atoms with E-state index in [1.54, 1.807) is 6.07 Å². The molecule has 0 bridgehead atoms. The summed E-state index contributed by atoms with van der Waals surface area (Å²) in [4.78, 5) is 17.6. The van der Waals surface area contributed by atoms with Crippen molar-refractivity contribution in [2.24, 2.45) is 4.99 Å². The van der Waals surface area contributed by atoms with Crippen LogP contribution in [0.15, 0.2) is 58.4 Å². The van der Waals surface area contributed by atoms with Gasteiger partial charge in [-0.3, -0.25) is 4.79 Å². The second-order valence-electron chi connectivity index (χ2n) is 7.41. The van der Waals surface area contributed by atoms with Crippen LogP contribution in [-0.4, -0.2) is 15.6 Å². The Morgan fingerprint density at radius 1 is 1.03 bits per heavy atom. The number of halogens is 1. The average molecular weight is 436 g/mol. The normalized spacial score (nSPS) is 16.5. The zero-order valence-electron chi connectivity index (χ0n) is 17.3. The van der Waals surface area contributed by atoms with Gasteiger partial charge in [0.2, 0.25) is 0 Å². The molecule has 152 valence electrons. The smallest absolute Gasteiger partial charge is 0.264 e. The van der Waals surface area contributed by atoms with E-state index < -0.39 is 0 Å². The van der Waals surface area contributed by atoms with E-state index >= 15 is 0 Å². The van der Waals surface area contributed by atoms with E-state index in [2.05, 4.69) is 66.0 Å². The number of carbonyl (C=O) groups excluding carboxylic acids is 1. The lowest BCUT2D eigenvalue weighted by molar-refractivity contribution is -0.115. The van der Waals surface area contributed by atoms with Crippen molar-refractivity contribution in [3.05, 3.63) is 86.5 Å². The summed E-state index contributed by atoms with van der Waals surface area (Å²) >= 11 is 7.52. The molecular formula is C24H22ClN3OS. The minimum Gasteiger partial charge on any atom is -0.318 e. The van der Waals surface area contributed by atoms with Crippen LogP contribution in [0.4, 0.5) is 5.69 Å². The van der Waals surface area contributed by atoms with Crippen molar-refractivity contribution >= 4 is 46.2 Å². The molecule has 1 aliphatic rings. The summed E-state index contributed by atoms with van der Waals surface area (Å²) in [7, 11) is 0. The summed E-state index contributed by atoms with van der Waals surface area (Å²) in [6.45, 7) is 8.17. The zero-order chi connectivity index (χ0) is 21.4. The van der Waals surface area contributed by atoms with Crippen molar-refractivity contribution in [1.82, 2.24) is 9.88 Å². The van der Waals surface area contributed by atoms with Gasteiger partial charge in [-0.05, 0) is 87.0 Å². The third-order valence-electron chi connectivity index (χ3n) is 5.09. The van der Waals surface area contributed by atoms with Crippen LogP contribution in [0.5, 0.6) is 0 Å². The van der Waals surface area contributed by atoms with Crippen LogP contribution in [0.1, 0.15) is 28.1 Å². The summed E-state index contributed by atoms with van der Waals surface area (Å²) in [5.41, 5.74) is 7.28. The van der Waals surface area contributed by atoms with E-state index in [4.69, 9.17) is 11.6 Å². The number of thioether (sulfide) groups is 1. The van der Waals surface area contributed by atoms with Crippen molar-refractivity contribution in [3.63, 3.8) is 0 Å². The van der Waals surface area contributed by atoms with Gasteiger partial charge in [-0.1, -0.05) is 35.4 Å². The minimum absolute atomic E-state index is 0.142. The molecule has 1 saturated heterocycles. The van der Waals surface area contributed by atoms with E-state index in [9.17, 15) is 4.79 Å². The highest BCUT2D eigenvalue weighted by atomic mass is 35.5. The number of rotatable bonds is 3. The first-order chi connectivity index (χ1) is 14.3. The molecule has 6 heteroatoms. The fourth-order valence-corrected chi connectivity index (χ4v) is 4.42. The van der Waals surface area contributed by atoms with Crippen LogP contribution in [0.2, 0.25) is 5.02 Å². The molecule has 4 nitrogen and oxygen atoms in total. The Labute approximate surface area is 185 Å². The maximum atomic E-state index is 12.5. The van der Waals surface area contributed by atoms with Crippen LogP contribution in [0.3, 0.4) is 0 Å².